The second-order valence-corrected chi connectivity index (χ2v) is 6.20. The molecule has 4 rings (SSSR count). The van der Waals surface area contributed by atoms with Crippen LogP contribution in [0.2, 0.25) is 0 Å². The largest absolute Gasteiger partial charge is 0.316 e. The van der Waals surface area contributed by atoms with Crippen molar-refractivity contribution in [2.45, 2.75) is 18.9 Å². The van der Waals surface area contributed by atoms with E-state index in [0.717, 1.165) is 43.4 Å². The molecule has 2 aliphatic heterocycles. The highest BCUT2D eigenvalue weighted by atomic mass is 19.1. The van der Waals surface area contributed by atoms with Crippen LogP contribution in [0, 0.1) is 17.6 Å². The number of hydrogen-bond donors (Lipinski definition) is 1. The van der Waals surface area contributed by atoms with Crippen LogP contribution in [-0.2, 0) is 6.54 Å². The Labute approximate surface area is 126 Å². The maximum atomic E-state index is 14.0. The number of rotatable bonds is 1. The van der Waals surface area contributed by atoms with Crippen molar-refractivity contribution in [3.8, 4) is 11.1 Å². The Bertz CT molecular complexity index is 800. The Balaban J connectivity index is 1.88. The number of aromatic nitrogens is 1. The molecule has 1 aromatic carbocycles. The van der Waals surface area contributed by atoms with Gasteiger partial charge in [0.25, 0.3) is 5.56 Å². The number of hydrogen-bond acceptors (Lipinski definition) is 2. The van der Waals surface area contributed by atoms with E-state index in [1.165, 1.54) is 6.07 Å². The fraction of sp³-hybridized carbons (Fsp3) is 0.353. The molecule has 3 nitrogen and oxygen atoms in total. The van der Waals surface area contributed by atoms with Crippen LogP contribution in [-0.4, -0.2) is 17.7 Å². The molecular weight excluding hydrogens is 286 g/mol. The second kappa shape index (κ2) is 5.02. The molecule has 114 valence electrons. The predicted molar refractivity (Wildman–Crippen MR) is 79.8 cm³/mol. The van der Waals surface area contributed by atoms with E-state index >= 15 is 0 Å². The minimum atomic E-state index is -0.513. The van der Waals surface area contributed by atoms with Gasteiger partial charge in [-0.05, 0) is 48.7 Å². The fourth-order valence-electron chi connectivity index (χ4n) is 3.68. The van der Waals surface area contributed by atoms with Crippen LogP contribution in [0.1, 0.15) is 18.0 Å². The zero-order valence-electron chi connectivity index (χ0n) is 12.0. The number of benzene rings is 1. The Kier molecular flexibility index (Phi) is 3.11. The molecule has 2 atom stereocenters. The molecule has 22 heavy (non-hydrogen) atoms. The molecule has 1 aromatic heterocycles. The smallest absolute Gasteiger partial charge is 0.251 e. The number of halogens is 2. The minimum absolute atomic E-state index is 0.132. The molecule has 2 aliphatic rings. The van der Waals surface area contributed by atoms with E-state index in [0.29, 0.717) is 18.0 Å². The van der Waals surface area contributed by atoms with Gasteiger partial charge in [-0.1, -0.05) is 0 Å². The molecule has 3 heterocycles. The van der Waals surface area contributed by atoms with Crippen LogP contribution in [0.25, 0.3) is 11.1 Å². The second-order valence-electron chi connectivity index (χ2n) is 6.20. The van der Waals surface area contributed by atoms with Crippen LogP contribution in [0.5, 0.6) is 0 Å². The number of fused-ring (bicyclic) bond motifs is 4. The maximum Gasteiger partial charge on any atom is 0.251 e. The lowest BCUT2D eigenvalue weighted by Gasteiger charge is -2.37. The van der Waals surface area contributed by atoms with Crippen LogP contribution in [0.4, 0.5) is 8.78 Å². The van der Waals surface area contributed by atoms with Gasteiger partial charge in [0.15, 0.2) is 0 Å². The zero-order chi connectivity index (χ0) is 15.3. The van der Waals surface area contributed by atoms with E-state index < -0.39 is 11.6 Å². The highest BCUT2D eigenvalue weighted by Crippen LogP contribution is 2.34. The van der Waals surface area contributed by atoms with Gasteiger partial charge in [-0.25, -0.2) is 8.78 Å². The molecule has 0 aliphatic carbocycles. The van der Waals surface area contributed by atoms with Crippen molar-refractivity contribution in [3.63, 3.8) is 0 Å². The van der Waals surface area contributed by atoms with Crippen LogP contribution >= 0.6 is 0 Å². The van der Waals surface area contributed by atoms with Crippen LogP contribution in [0.3, 0.4) is 0 Å². The summed E-state index contributed by atoms with van der Waals surface area (Å²) in [5.74, 6) is -0.285. The average molecular weight is 302 g/mol. The van der Waals surface area contributed by atoms with Gasteiger partial charge >= 0.3 is 0 Å². The molecule has 2 aromatic rings. The summed E-state index contributed by atoms with van der Waals surface area (Å²) in [6, 6.07) is 6.58. The molecule has 5 heteroatoms. The SMILES string of the molecule is O=c1cc(-c2cc(F)ccc2F)cc2n1C[C@@H]1CNC[C@H]2C1. The molecule has 1 N–H and O–H groups in total. The number of nitrogens with zero attached hydrogens (tertiary/aromatic N) is 1. The van der Waals surface area contributed by atoms with Gasteiger partial charge in [0, 0.05) is 36.3 Å². The lowest BCUT2D eigenvalue weighted by atomic mass is 9.83. The molecule has 0 radical (unpaired) electrons. The maximum absolute atomic E-state index is 14.0. The number of pyridine rings is 1. The van der Waals surface area contributed by atoms with Crippen molar-refractivity contribution < 1.29 is 8.78 Å². The first-order chi connectivity index (χ1) is 10.6. The van der Waals surface area contributed by atoms with Crippen molar-refractivity contribution in [1.82, 2.24) is 9.88 Å². The molecule has 0 unspecified atom stereocenters. The van der Waals surface area contributed by atoms with E-state index in [9.17, 15) is 13.6 Å². The summed E-state index contributed by atoms with van der Waals surface area (Å²) >= 11 is 0. The summed E-state index contributed by atoms with van der Waals surface area (Å²) in [5, 5.41) is 3.38. The molecular formula is C17H16F2N2O. The predicted octanol–water partition coefficient (Wildman–Crippen LogP) is 2.50. The third-order valence-electron chi connectivity index (χ3n) is 4.70. The summed E-state index contributed by atoms with van der Waals surface area (Å²) in [5.41, 5.74) is 1.39. The van der Waals surface area contributed by atoms with E-state index in [4.69, 9.17) is 0 Å². The average Bonchev–Trinajstić information content (AvgIpc) is 2.51. The Hall–Kier alpha value is -2.01. The molecule has 1 saturated heterocycles. The van der Waals surface area contributed by atoms with Gasteiger partial charge in [-0.3, -0.25) is 4.79 Å². The van der Waals surface area contributed by atoms with Gasteiger partial charge in [0.05, 0.1) is 0 Å². The molecule has 2 bridgehead atoms. The van der Waals surface area contributed by atoms with Crippen molar-refractivity contribution in [2.24, 2.45) is 5.92 Å². The quantitative estimate of drug-likeness (QED) is 0.878. The molecule has 0 amide bonds. The third kappa shape index (κ3) is 2.16. The van der Waals surface area contributed by atoms with Crippen LogP contribution < -0.4 is 10.9 Å². The monoisotopic (exact) mass is 302 g/mol. The summed E-state index contributed by atoms with van der Waals surface area (Å²) in [7, 11) is 0. The lowest BCUT2D eigenvalue weighted by Crippen LogP contribution is -2.44. The van der Waals surface area contributed by atoms with E-state index in [-0.39, 0.29) is 17.0 Å². The van der Waals surface area contributed by atoms with Crippen molar-refractivity contribution in [1.29, 1.82) is 0 Å². The Morgan fingerprint density at radius 2 is 2.00 bits per heavy atom. The fourth-order valence-corrected chi connectivity index (χ4v) is 3.68. The van der Waals surface area contributed by atoms with E-state index in [2.05, 4.69) is 5.32 Å². The Morgan fingerprint density at radius 1 is 1.14 bits per heavy atom. The summed E-state index contributed by atoms with van der Waals surface area (Å²) in [6.45, 7) is 2.46. The first kappa shape index (κ1) is 13.6. The first-order valence-corrected chi connectivity index (χ1v) is 7.53. The number of nitrogens with one attached hydrogen (secondary N) is 1. The van der Waals surface area contributed by atoms with Gasteiger partial charge in [-0.2, -0.15) is 0 Å². The van der Waals surface area contributed by atoms with Crippen molar-refractivity contribution in [3.05, 3.63) is 58.0 Å². The normalized spacial score (nSPS) is 23.2. The lowest BCUT2D eigenvalue weighted by molar-refractivity contribution is 0.257. The van der Waals surface area contributed by atoms with E-state index in [1.54, 1.807) is 4.57 Å². The summed E-state index contributed by atoms with van der Waals surface area (Å²) in [4.78, 5) is 12.4. The van der Waals surface area contributed by atoms with Crippen LogP contribution in [0.15, 0.2) is 35.1 Å². The summed E-state index contributed by atoms with van der Waals surface area (Å²) in [6.07, 6.45) is 1.04. The van der Waals surface area contributed by atoms with Gasteiger partial charge in [0.1, 0.15) is 11.6 Å². The van der Waals surface area contributed by atoms with Crippen molar-refractivity contribution in [2.75, 3.05) is 13.1 Å². The number of piperidine rings is 1. The molecule has 1 fully saturated rings. The van der Waals surface area contributed by atoms with Crippen molar-refractivity contribution >= 4 is 0 Å². The molecule has 0 saturated carbocycles. The van der Waals surface area contributed by atoms with E-state index in [1.807, 2.05) is 6.07 Å². The Morgan fingerprint density at radius 3 is 2.86 bits per heavy atom. The molecule has 0 spiro atoms. The van der Waals surface area contributed by atoms with Gasteiger partial charge in [-0.15, -0.1) is 0 Å². The van der Waals surface area contributed by atoms with Gasteiger partial charge in [0.2, 0.25) is 0 Å². The van der Waals surface area contributed by atoms with Gasteiger partial charge < -0.3 is 9.88 Å². The highest BCUT2D eigenvalue weighted by molar-refractivity contribution is 5.64. The topological polar surface area (TPSA) is 34.0 Å². The third-order valence-corrected chi connectivity index (χ3v) is 4.70. The highest BCUT2D eigenvalue weighted by Gasteiger charge is 2.31. The standard InChI is InChI=1S/C17H16F2N2O/c18-13-1-2-15(19)14(6-13)11-4-16-12-3-10(7-20-8-12)9-21(16)17(22)5-11/h1-2,4-6,10,12,20H,3,7-9H2/t10-,12+/m0/s1. The first-order valence-electron chi connectivity index (χ1n) is 7.53. The zero-order valence-corrected chi connectivity index (χ0v) is 12.0. The minimum Gasteiger partial charge on any atom is -0.316 e. The summed E-state index contributed by atoms with van der Waals surface area (Å²) < 4.78 is 29.2.